The maximum absolute atomic E-state index is 13.8. The first-order valence-corrected chi connectivity index (χ1v) is 15.9. The fourth-order valence-electron chi connectivity index (χ4n) is 4.56. The molecule has 0 fully saturated rings. The van der Waals surface area contributed by atoms with Crippen molar-refractivity contribution in [2.75, 3.05) is 17.1 Å². The number of carbonyl (C=O) groups excluding carboxylic acids is 2. The second kappa shape index (κ2) is 14.7. The highest BCUT2D eigenvalue weighted by molar-refractivity contribution is 7.92. The molecule has 0 aliphatic carbocycles. The van der Waals surface area contributed by atoms with Crippen molar-refractivity contribution in [3.05, 3.63) is 101 Å². The van der Waals surface area contributed by atoms with Gasteiger partial charge in [-0.2, -0.15) is 13.2 Å². The zero-order chi connectivity index (χ0) is 31.8. The summed E-state index contributed by atoms with van der Waals surface area (Å²) in [6, 6.07) is 19.1. The number of hydrogen-bond donors (Lipinski definition) is 1. The Labute approximate surface area is 255 Å². The van der Waals surface area contributed by atoms with Crippen LogP contribution in [0.3, 0.4) is 0 Å². The first-order valence-electron chi connectivity index (χ1n) is 13.7. The van der Waals surface area contributed by atoms with Crippen molar-refractivity contribution in [2.24, 2.45) is 0 Å². The van der Waals surface area contributed by atoms with Crippen molar-refractivity contribution >= 4 is 39.1 Å². The van der Waals surface area contributed by atoms with Crippen LogP contribution in [0.1, 0.15) is 43.4 Å². The lowest BCUT2D eigenvalue weighted by Crippen LogP contribution is -2.51. The van der Waals surface area contributed by atoms with E-state index in [9.17, 15) is 31.2 Å². The highest BCUT2D eigenvalue weighted by Gasteiger charge is 2.33. The molecule has 0 spiro atoms. The number of amides is 2. The van der Waals surface area contributed by atoms with Gasteiger partial charge in [-0.25, -0.2) is 8.42 Å². The third-order valence-electron chi connectivity index (χ3n) is 6.58. The molecule has 0 aromatic heterocycles. The number of nitrogens with one attached hydrogen (secondary N) is 1. The fourth-order valence-corrected chi connectivity index (χ4v) is 5.65. The largest absolute Gasteiger partial charge is 0.416 e. The number of rotatable bonds is 13. The van der Waals surface area contributed by atoms with Gasteiger partial charge in [-0.05, 0) is 61.7 Å². The van der Waals surface area contributed by atoms with Gasteiger partial charge in [-0.1, -0.05) is 60.1 Å². The van der Waals surface area contributed by atoms with Gasteiger partial charge in [0.15, 0.2) is 0 Å². The van der Waals surface area contributed by atoms with E-state index < -0.39 is 33.7 Å². The predicted octanol–water partition coefficient (Wildman–Crippen LogP) is 6.07. The van der Waals surface area contributed by atoms with Crippen LogP contribution in [-0.4, -0.2) is 50.0 Å². The quantitative estimate of drug-likeness (QED) is 0.247. The lowest BCUT2D eigenvalue weighted by Gasteiger charge is -2.32. The van der Waals surface area contributed by atoms with E-state index in [0.29, 0.717) is 5.02 Å². The van der Waals surface area contributed by atoms with Crippen LogP contribution in [0.25, 0.3) is 0 Å². The maximum Gasteiger partial charge on any atom is 0.416 e. The zero-order valence-corrected chi connectivity index (χ0v) is 25.7. The summed E-state index contributed by atoms with van der Waals surface area (Å²) in [6.07, 6.45) is -3.67. The van der Waals surface area contributed by atoms with E-state index in [1.54, 1.807) is 24.3 Å². The van der Waals surface area contributed by atoms with E-state index in [4.69, 9.17) is 11.6 Å². The van der Waals surface area contributed by atoms with E-state index in [2.05, 4.69) is 5.32 Å². The number of benzene rings is 3. The number of halogens is 4. The molecule has 0 heterocycles. The number of anilines is 1. The van der Waals surface area contributed by atoms with E-state index in [1.807, 2.05) is 44.2 Å². The molecule has 43 heavy (non-hydrogen) atoms. The first kappa shape index (κ1) is 33.9. The number of alkyl halides is 3. The van der Waals surface area contributed by atoms with Crippen LogP contribution < -0.4 is 9.62 Å². The minimum absolute atomic E-state index is 0.00310. The third-order valence-corrected chi connectivity index (χ3v) is 8.03. The van der Waals surface area contributed by atoms with Gasteiger partial charge in [0.2, 0.25) is 21.8 Å². The molecule has 3 rings (SSSR count). The summed E-state index contributed by atoms with van der Waals surface area (Å²) in [5.74, 6) is -0.754. The molecular formula is C31H35ClF3N3O4S. The van der Waals surface area contributed by atoms with Gasteiger partial charge in [0.1, 0.15) is 6.04 Å². The fraction of sp³-hybridized carbons (Fsp3) is 0.355. The van der Waals surface area contributed by atoms with Crippen LogP contribution in [-0.2, 0) is 38.8 Å². The van der Waals surface area contributed by atoms with Crippen LogP contribution in [0.2, 0.25) is 5.02 Å². The van der Waals surface area contributed by atoms with E-state index in [1.165, 1.54) is 11.0 Å². The average Bonchev–Trinajstić information content (AvgIpc) is 2.93. The highest BCUT2D eigenvalue weighted by Crippen LogP contribution is 2.32. The zero-order valence-electron chi connectivity index (χ0n) is 24.1. The maximum atomic E-state index is 13.8. The van der Waals surface area contributed by atoms with Gasteiger partial charge < -0.3 is 10.2 Å². The summed E-state index contributed by atoms with van der Waals surface area (Å²) in [5.41, 5.74) is 0.438. The molecule has 1 N–H and O–H groups in total. The van der Waals surface area contributed by atoms with Gasteiger partial charge in [0, 0.05) is 37.0 Å². The normalized spacial score (nSPS) is 12.6. The third kappa shape index (κ3) is 10.3. The molecule has 232 valence electrons. The number of sulfonamides is 1. The second-order valence-corrected chi connectivity index (χ2v) is 12.8. The van der Waals surface area contributed by atoms with Crippen molar-refractivity contribution in [1.29, 1.82) is 0 Å². The standard InChI is InChI=1S/C31H35ClF3N3O4S/c1-22(2)36-30(40)28(19-23-9-5-4-6-10-23)37(21-24-14-16-26(32)17-15-24)29(39)13-8-18-38(43(3,41)42)27-12-7-11-25(20-27)31(33,34)35/h4-7,9-12,14-17,20,22,28H,8,13,18-19,21H2,1-3H3,(H,36,40)/t28-/m0/s1. The van der Waals surface area contributed by atoms with Crippen LogP contribution in [0.5, 0.6) is 0 Å². The molecule has 3 aromatic carbocycles. The minimum Gasteiger partial charge on any atom is -0.352 e. The number of carbonyl (C=O) groups is 2. The van der Waals surface area contributed by atoms with E-state index in [-0.39, 0.29) is 50.0 Å². The number of hydrogen-bond acceptors (Lipinski definition) is 4. The Bertz CT molecular complexity index is 1480. The Morgan fingerprint density at radius 3 is 2.16 bits per heavy atom. The van der Waals surface area contributed by atoms with Gasteiger partial charge in [-0.15, -0.1) is 0 Å². The van der Waals surface area contributed by atoms with Crippen molar-refractivity contribution in [3.63, 3.8) is 0 Å². The predicted molar refractivity (Wildman–Crippen MR) is 162 cm³/mol. The molecular weight excluding hydrogens is 603 g/mol. The van der Waals surface area contributed by atoms with Crippen LogP contribution in [0.4, 0.5) is 18.9 Å². The molecule has 1 atom stereocenters. The Morgan fingerprint density at radius 2 is 1.58 bits per heavy atom. The van der Waals surface area contributed by atoms with Crippen molar-refractivity contribution < 1.29 is 31.2 Å². The SMILES string of the molecule is CC(C)NC(=O)[C@H](Cc1ccccc1)N(Cc1ccc(Cl)cc1)C(=O)CCCN(c1cccc(C(F)(F)F)c1)S(C)(=O)=O. The smallest absolute Gasteiger partial charge is 0.352 e. The Morgan fingerprint density at radius 1 is 0.930 bits per heavy atom. The molecule has 0 aliphatic heterocycles. The molecule has 0 unspecified atom stereocenters. The molecule has 0 bridgehead atoms. The summed E-state index contributed by atoms with van der Waals surface area (Å²) in [7, 11) is -3.97. The average molecular weight is 638 g/mol. The van der Waals surface area contributed by atoms with Gasteiger partial charge in [-0.3, -0.25) is 13.9 Å². The van der Waals surface area contributed by atoms with Crippen molar-refractivity contribution in [3.8, 4) is 0 Å². The van der Waals surface area contributed by atoms with E-state index >= 15 is 0 Å². The van der Waals surface area contributed by atoms with Gasteiger partial charge in [0.05, 0.1) is 17.5 Å². The lowest BCUT2D eigenvalue weighted by atomic mass is 10.0. The molecule has 3 aromatic rings. The van der Waals surface area contributed by atoms with Crippen molar-refractivity contribution in [2.45, 2.75) is 57.9 Å². The molecule has 0 saturated carbocycles. The molecule has 12 heteroatoms. The molecule has 0 aliphatic rings. The number of nitrogens with zero attached hydrogens (tertiary/aromatic N) is 2. The van der Waals surface area contributed by atoms with Crippen LogP contribution in [0.15, 0.2) is 78.9 Å². The highest BCUT2D eigenvalue weighted by atomic mass is 35.5. The Balaban J connectivity index is 1.89. The molecule has 0 radical (unpaired) electrons. The van der Waals surface area contributed by atoms with Gasteiger partial charge in [0.25, 0.3) is 0 Å². The topological polar surface area (TPSA) is 86.8 Å². The monoisotopic (exact) mass is 637 g/mol. The summed E-state index contributed by atoms with van der Waals surface area (Å²) in [4.78, 5) is 28.7. The van der Waals surface area contributed by atoms with Crippen LogP contribution >= 0.6 is 11.6 Å². The minimum atomic E-state index is -4.65. The summed E-state index contributed by atoms with van der Waals surface area (Å²) < 4.78 is 65.9. The second-order valence-electron chi connectivity index (χ2n) is 10.5. The van der Waals surface area contributed by atoms with Gasteiger partial charge >= 0.3 is 6.18 Å². The molecule has 0 saturated heterocycles. The van der Waals surface area contributed by atoms with E-state index in [0.717, 1.165) is 39.9 Å². The first-order chi connectivity index (χ1) is 20.1. The summed E-state index contributed by atoms with van der Waals surface area (Å²) >= 11 is 6.05. The molecule has 7 nitrogen and oxygen atoms in total. The van der Waals surface area contributed by atoms with Crippen LogP contribution in [0, 0.1) is 0 Å². The van der Waals surface area contributed by atoms with Crippen molar-refractivity contribution in [1.82, 2.24) is 10.2 Å². The Kier molecular flexibility index (Phi) is 11.6. The summed E-state index contributed by atoms with van der Waals surface area (Å²) in [5, 5.41) is 3.40. The lowest BCUT2D eigenvalue weighted by molar-refractivity contribution is -0.141. The molecule has 2 amide bonds. The summed E-state index contributed by atoms with van der Waals surface area (Å²) in [6.45, 7) is 3.48. The Hall–Kier alpha value is -3.57.